The van der Waals surface area contributed by atoms with Gasteiger partial charge in [0.2, 0.25) is 5.78 Å². The number of rotatable bonds is 6. The average Bonchev–Trinajstić information content (AvgIpc) is 3.08. The van der Waals surface area contributed by atoms with Crippen LogP contribution in [-0.2, 0) is 9.53 Å². The molecule has 1 aliphatic heterocycles. The van der Waals surface area contributed by atoms with Crippen LogP contribution in [0.3, 0.4) is 0 Å². The highest BCUT2D eigenvalue weighted by Gasteiger charge is 2.28. The smallest absolute Gasteiger partial charge is 0.342 e. The molecule has 0 aromatic heterocycles. The van der Waals surface area contributed by atoms with E-state index in [2.05, 4.69) is 0 Å². The van der Waals surface area contributed by atoms with E-state index < -0.39 is 18.4 Å². The molecule has 2 aromatic carbocycles. The molecule has 0 unspecified atom stereocenters. The van der Waals surface area contributed by atoms with Crippen LogP contribution in [0.5, 0.6) is 11.5 Å². The number of para-hydroxylation sites is 1. The zero-order valence-electron chi connectivity index (χ0n) is 16.1. The largest absolute Gasteiger partial charge is 0.497 e. The molecule has 8 heteroatoms. The van der Waals surface area contributed by atoms with Crippen molar-refractivity contribution in [2.45, 2.75) is 4.90 Å². The molecule has 0 saturated heterocycles. The third kappa shape index (κ3) is 4.05. The van der Waals surface area contributed by atoms with Crippen LogP contribution in [0.2, 0.25) is 0 Å². The number of ether oxygens (including phenoxy) is 3. The summed E-state index contributed by atoms with van der Waals surface area (Å²) in [6.07, 6.45) is 0. The van der Waals surface area contributed by atoms with Crippen LogP contribution in [0, 0.1) is 11.3 Å². The lowest BCUT2D eigenvalue weighted by molar-refractivity contribution is -0.118. The van der Waals surface area contributed by atoms with E-state index >= 15 is 0 Å². The lowest BCUT2D eigenvalue weighted by Crippen LogP contribution is -2.20. The van der Waals surface area contributed by atoms with Gasteiger partial charge in [-0.05, 0) is 30.3 Å². The SMILES string of the molecule is COc1ccc(OC)c(C(=O)OCC(=O)/C(C#N)=C2\Sc3ccccc3N2C)c1. The van der Waals surface area contributed by atoms with Gasteiger partial charge in [0, 0.05) is 11.9 Å². The third-order valence-electron chi connectivity index (χ3n) is 4.30. The summed E-state index contributed by atoms with van der Waals surface area (Å²) < 4.78 is 15.4. The molecule has 0 N–H and O–H groups in total. The summed E-state index contributed by atoms with van der Waals surface area (Å²) in [6, 6.07) is 14.2. The average molecular weight is 410 g/mol. The summed E-state index contributed by atoms with van der Waals surface area (Å²) >= 11 is 1.33. The number of nitrogens with zero attached hydrogens (tertiary/aromatic N) is 2. The quantitative estimate of drug-likeness (QED) is 0.407. The molecular formula is C21H18N2O5S. The van der Waals surface area contributed by atoms with Crippen molar-refractivity contribution in [1.29, 1.82) is 5.26 Å². The number of nitriles is 1. The number of benzene rings is 2. The highest BCUT2D eigenvalue weighted by Crippen LogP contribution is 2.46. The van der Waals surface area contributed by atoms with Gasteiger partial charge < -0.3 is 19.1 Å². The first kappa shape index (κ1) is 20.3. The number of thioether (sulfide) groups is 1. The molecule has 1 aliphatic rings. The zero-order valence-corrected chi connectivity index (χ0v) is 16.9. The maximum absolute atomic E-state index is 12.6. The second-order valence-electron chi connectivity index (χ2n) is 5.99. The lowest BCUT2D eigenvalue weighted by Gasteiger charge is -2.15. The first-order valence-electron chi connectivity index (χ1n) is 8.57. The molecule has 0 aliphatic carbocycles. The van der Waals surface area contributed by atoms with Crippen molar-refractivity contribution in [3.63, 3.8) is 0 Å². The Bertz CT molecular complexity index is 1040. The molecule has 0 amide bonds. The van der Waals surface area contributed by atoms with E-state index in [0.29, 0.717) is 16.5 Å². The zero-order chi connectivity index (χ0) is 21.0. The minimum Gasteiger partial charge on any atom is -0.497 e. The van der Waals surface area contributed by atoms with E-state index in [9.17, 15) is 14.9 Å². The Labute approximate surface area is 172 Å². The highest BCUT2D eigenvalue weighted by atomic mass is 32.2. The van der Waals surface area contributed by atoms with Crippen LogP contribution >= 0.6 is 11.8 Å². The van der Waals surface area contributed by atoms with Gasteiger partial charge in [-0.3, -0.25) is 4.79 Å². The molecule has 0 spiro atoms. The number of fused-ring (bicyclic) bond motifs is 1. The fourth-order valence-electron chi connectivity index (χ4n) is 2.81. The van der Waals surface area contributed by atoms with Gasteiger partial charge in [0.15, 0.2) is 6.61 Å². The van der Waals surface area contributed by atoms with Gasteiger partial charge in [0.1, 0.15) is 33.7 Å². The molecular weight excluding hydrogens is 392 g/mol. The number of carbonyl (C=O) groups is 2. The van der Waals surface area contributed by atoms with Crippen LogP contribution in [0.4, 0.5) is 5.69 Å². The van der Waals surface area contributed by atoms with Gasteiger partial charge in [-0.1, -0.05) is 23.9 Å². The number of ketones is 1. The summed E-state index contributed by atoms with van der Waals surface area (Å²) in [7, 11) is 4.68. The fourth-order valence-corrected chi connectivity index (χ4v) is 3.97. The van der Waals surface area contributed by atoms with Crippen molar-refractivity contribution in [2.24, 2.45) is 0 Å². The third-order valence-corrected chi connectivity index (χ3v) is 5.54. The van der Waals surface area contributed by atoms with Crippen molar-refractivity contribution in [3.05, 3.63) is 58.6 Å². The van der Waals surface area contributed by atoms with Gasteiger partial charge >= 0.3 is 5.97 Å². The normalized spacial score (nSPS) is 13.9. The van der Waals surface area contributed by atoms with E-state index in [4.69, 9.17) is 14.2 Å². The Hall–Kier alpha value is -3.44. The van der Waals surface area contributed by atoms with E-state index in [1.807, 2.05) is 30.3 Å². The molecule has 0 fully saturated rings. The maximum Gasteiger partial charge on any atom is 0.342 e. The van der Waals surface area contributed by atoms with Gasteiger partial charge in [-0.15, -0.1) is 0 Å². The Morgan fingerprint density at radius 1 is 1.14 bits per heavy atom. The molecule has 0 radical (unpaired) electrons. The molecule has 2 aromatic rings. The second-order valence-corrected chi connectivity index (χ2v) is 7.02. The number of anilines is 1. The van der Waals surface area contributed by atoms with E-state index in [0.717, 1.165) is 10.6 Å². The maximum atomic E-state index is 12.6. The molecule has 0 atom stereocenters. The summed E-state index contributed by atoms with van der Waals surface area (Å²) in [4.78, 5) is 27.8. The van der Waals surface area contributed by atoms with E-state index in [1.165, 1.54) is 32.0 Å². The van der Waals surface area contributed by atoms with Gasteiger partial charge in [-0.25, -0.2) is 4.79 Å². The predicted octanol–water partition coefficient (Wildman–Crippen LogP) is 3.41. The number of methoxy groups -OCH3 is 2. The minimum absolute atomic E-state index is 0.0564. The summed E-state index contributed by atoms with van der Waals surface area (Å²) in [6.45, 7) is -0.559. The Morgan fingerprint density at radius 3 is 2.55 bits per heavy atom. The number of esters is 1. The number of hydrogen-bond donors (Lipinski definition) is 0. The van der Waals surface area contributed by atoms with Crippen LogP contribution in [0.15, 0.2) is 58.0 Å². The van der Waals surface area contributed by atoms with Crippen molar-refractivity contribution >= 4 is 29.2 Å². The standard InChI is InChI=1S/C21H18N2O5S/c1-23-16-6-4-5-7-19(16)29-20(23)15(11-22)17(24)12-28-21(25)14-10-13(26-2)8-9-18(14)27-3/h4-10H,12H2,1-3H3/b20-15-. The first-order chi connectivity index (χ1) is 14.0. The second kappa shape index (κ2) is 8.71. The molecule has 7 nitrogen and oxygen atoms in total. The first-order valence-corrected chi connectivity index (χ1v) is 9.39. The number of Topliss-reactive ketones (excluding diaryl/α,β-unsaturated/α-hetero) is 1. The minimum atomic E-state index is -0.743. The number of carbonyl (C=O) groups excluding carboxylic acids is 2. The predicted molar refractivity (Wildman–Crippen MR) is 108 cm³/mol. The molecule has 3 rings (SSSR count). The van der Waals surface area contributed by atoms with E-state index in [-0.39, 0.29) is 11.1 Å². The van der Waals surface area contributed by atoms with Crippen LogP contribution in [0.1, 0.15) is 10.4 Å². The number of hydrogen-bond acceptors (Lipinski definition) is 8. The molecule has 29 heavy (non-hydrogen) atoms. The molecule has 0 saturated carbocycles. The molecule has 1 heterocycles. The van der Waals surface area contributed by atoms with Crippen LogP contribution < -0.4 is 14.4 Å². The lowest BCUT2D eigenvalue weighted by atomic mass is 10.2. The molecule has 148 valence electrons. The van der Waals surface area contributed by atoms with Crippen LogP contribution in [0.25, 0.3) is 0 Å². The van der Waals surface area contributed by atoms with Crippen molar-refractivity contribution in [2.75, 3.05) is 32.8 Å². The Kier molecular flexibility index (Phi) is 6.10. The Balaban J connectivity index is 1.77. The van der Waals surface area contributed by atoms with Gasteiger partial charge in [0.25, 0.3) is 0 Å². The highest BCUT2D eigenvalue weighted by molar-refractivity contribution is 8.03. The van der Waals surface area contributed by atoms with Crippen molar-refractivity contribution < 1.29 is 23.8 Å². The van der Waals surface area contributed by atoms with Crippen molar-refractivity contribution in [1.82, 2.24) is 0 Å². The topological polar surface area (TPSA) is 88.9 Å². The van der Waals surface area contributed by atoms with Gasteiger partial charge in [-0.2, -0.15) is 5.26 Å². The summed E-state index contributed by atoms with van der Waals surface area (Å²) in [5.41, 5.74) is 0.982. The monoisotopic (exact) mass is 410 g/mol. The molecule has 0 bridgehead atoms. The summed E-state index contributed by atoms with van der Waals surface area (Å²) in [5, 5.41) is 10.0. The van der Waals surface area contributed by atoms with Crippen LogP contribution in [-0.4, -0.2) is 39.6 Å². The Morgan fingerprint density at radius 2 is 1.90 bits per heavy atom. The van der Waals surface area contributed by atoms with Gasteiger partial charge in [0.05, 0.1) is 19.9 Å². The fraction of sp³-hybridized carbons (Fsp3) is 0.190. The van der Waals surface area contributed by atoms with E-state index in [1.54, 1.807) is 24.1 Å². The van der Waals surface area contributed by atoms with Crippen molar-refractivity contribution in [3.8, 4) is 17.6 Å². The summed E-state index contributed by atoms with van der Waals surface area (Å²) in [5.74, 6) is -0.578.